The third-order valence-corrected chi connectivity index (χ3v) is 14.6. The number of nitrogens with one attached hydrogen (secondary N) is 4. The number of Topliss-reactive ketones (excluding diaryl/α,β-unsaturated/α-hetero) is 1. The van der Waals surface area contributed by atoms with E-state index in [0.29, 0.717) is 21.9 Å². The van der Waals surface area contributed by atoms with E-state index in [0.717, 1.165) is 23.5 Å². The molecule has 6 N–H and O–H groups in total. The van der Waals surface area contributed by atoms with Crippen molar-refractivity contribution in [3.8, 4) is 5.75 Å². The summed E-state index contributed by atoms with van der Waals surface area (Å²) < 4.78 is 11.0. The van der Waals surface area contributed by atoms with Gasteiger partial charge in [-0.25, -0.2) is 9.78 Å². The van der Waals surface area contributed by atoms with E-state index in [1.807, 2.05) is 60.5 Å². The molecule has 1 aliphatic heterocycles. The van der Waals surface area contributed by atoms with Crippen LogP contribution in [0.1, 0.15) is 142 Å². The molecule has 77 heavy (non-hydrogen) atoms. The zero-order chi connectivity index (χ0) is 58.3. The van der Waals surface area contributed by atoms with Gasteiger partial charge in [0.15, 0.2) is 11.9 Å². The first-order valence-corrected chi connectivity index (χ1v) is 26.7. The lowest BCUT2D eigenvalue weighted by Gasteiger charge is -2.38. The maximum atomic E-state index is 14.4. The molecule has 1 aromatic heterocycles. The summed E-state index contributed by atoms with van der Waals surface area (Å²) in [6, 6.07) is 1.66. The van der Waals surface area contributed by atoms with E-state index in [9.17, 15) is 58.2 Å². The van der Waals surface area contributed by atoms with Gasteiger partial charge in [-0.15, -0.1) is 11.3 Å². The van der Waals surface area contributed by atoms with Crippen LogP contribution in [0, 0.1) is 23.7 Å². The van der Waals surface area contributed by atoms with Crippen LogP contribution in [0.3, 0.4) is 0 Å². The van der Waals surface area contributed by atoms with Gasteiger partial charge < -0.3 is 45.9 Å². The maximum absolute atomic E-state index is 14.4. The Morgan fingerprint density at radius 1 is 0.909 bits per heavy atom. The summed E-state index contributed by atoms with van der Waals surface area (Å²) in [5.74, 6) is -7.49. The molecule has 0 spiro atoms. The van der Waals surface area contributed by atoms with Crippen LogP contribution in [0.5, 0.6) is 5.75 Å². The molecule has 1 aromatic carbocycles. The van der Waals surface area contributed by atoms with Crippen molar-refractivity contribution in [1.82, 2.24) is 35.6 Å². The quantitative estimate of drug-likeness (QED) is 0.0257. The highest BCUT2D eigenvalue weighted by Gasteiger charge is 2.40. The van der Waals surface area contributed by atoms with Gasteiger partial charge in [-0.05, 0) is 97.5 Å². The number of rotatable bonds is 29. The standard InChI is InChI=1S/C54H80N8O14S/c1-15-31(4)36(26-43(65)54(10,11)60(12)13)50(71)61(14)39(30(2)3)27-42(75-33(6)63)49-59-38(29-77-49)47(69)57-35(23-32(5)51(72)73)24-34-18-19-41(64)37(25-34)58-44(66)17-16-22-55-48(70)40(62-45(67)20-21-46(62)68)28-56-52(74)76-53(7,8)9/h18-21,25,29-32,35-36,39-40,42,64H,15-17,22-24,26-28H2,1-14H3,(H,55,70)(H,56,74)(H,57,69)(H,58,66)(H,72,73)/t31-,32?,35+,36-,39+,40-,42+/m0/s1. The molecule has 0 radical (unpaired) electrons. The Labute approximate surface area is 455 Å². The predicted octanol–water partition coefficient (Wildman–Crippen LogP) is 5.39. The number of carbonyl (C=O) groups excluding carboxylic acids is 9. The Morgan fingerprint density at radius 3 is 2.10 bits per heavy atom. The minimum atomic E-state index is -1.42. The summed E-state index contributed by atoms with van der Waals surface area (Å²) in [7, 11) is 5.32. The molecule has 2 heterocycles. The van der Waals surface area contributed by atoms with Crippen LogP contribution >= 0.6 is 11.3 Å². The summed E-state index contributed by atoms with van der Waals surface area (Å²) in [5.41, 5.74) is -1.15. The topological polar surface area (TPSA) is 300 Å². The summed E-state index contributed by atoms with van der Waals surface area (Å²) in [5, 5.41) is 32.8. The average Bonchev–Trinajstić information content (AvgIpc) is 3.96. The number of ketones is 1. The van der Waals surface area contributed by atoms with Gasteiger partial charge in [0.05, 0.1) is 23.7 Å². The fourth-order valence-corrected chi connectivity index (χ4v) is 9.20. The predicted molar refractivity (Wildman–Crippen MR) is 287 cm³/mol. The molecule has 7 amide bonds. The molecule has 0 saturated carbocycles. The van der Waals surface area contributed by atoms with Crippen molar-refractivity contribution >= 4 is 76.3 Å². The number of carboxylic acids is 1. The van der Waals surface area contributed by atoms with Crippen molar-refractivity contribution in [2.24, 2.45) is 23.7 Å². The molecule has 7 atom stereocenters. The molecule has 2 aromatic rings. The van der Waals surface area contributed by atoms with Gasteiger partial charge in [-0.2, -0.15) is 0 Å². The first-order valence-electron chi connectivity index (χ1n) is 25.8. The van der Waals surface area contributed by atoms with Crippen LogP contribution < -0.4 is 21.3 Å². The zero-order valence-electron chi connectivity index (χ0n) is 46.9. The molecular formula is C54H80N8O14S. The minimum absolute atomic E-state index is 0.0181. The van der Waals surface area contributed by atoms with E-state index in [4.69, 9.17) is 9.47 Å². The van der Waals surface area contributed by atoms with Gasteiger partial charge >= 0.3 is 18.0 Å². The van der Waals surface area contributed by atoms with Crippen LogP contribution in [-0.2, 0) is 54.3 Å². The number of aliphatic carboxylic acids is 1. The fourth-order valence-electron chi connectivity index (χ4n) is 8.36. The van der Waals surface area contributed by atoms with Crippen molar-refractivity contribution in [1.29, 1.82) is 0 Å². The number of hydrogen-bond acceptors (Lipinski definition) is 16. The van der Waals surface area contributed by atoms with Gasteiger partial charge in [-0.3, -0.25) is 53.0 Å². The number of ether oxygens (including phenoxy) is 2. The monoisotopic (exact) mass is 1100 g/mol. The first-order chi connectivity index (χ1) is 35.8. The van der Waals surface area contributed by atoms with Gasteiger partial charge in [0.1, 0.15) is 28.1 Å². The second kappa shape index (κ2) is 28.6. The Balaban J connectivity index is 1.75. The third-order valence-electron chi connectivity index (χ3n) is 13.7. The number of benzene rings is 1. The number of imide groups is 1. The number of thiazole rings is 1. The molecule has 22 nitrogen and oxygen atoms in total. The number of alkyl carbamates (subject to hydrolysis) is 1. The van der Waals surface area contributed by atoms with Crippen LogP contribution in [0.4, 0.5) is 10.5 Å². The van der Waals surface area contributed by atoms with Gasteiger partial charge in [0.25, 0.3) is 17.7 Å². The molecule has 0 fully saturated rings. The number of carboxylic acid groups (broad SMARTS) is 1. The van der Waals surface area contributed by atoms with Crippen molar-refractivity contribution in [2.75, 3.05) is 39.5 Å². The summed E-state index contributed by atoms with van der Waals surface area (Å²) in [4.78, 5) is 139. The van der Waals surface area contributed by atoms with Gasteiger partial charge in [-0.1, -0.05) is 47.1 Å². The minimum Gasteiger partial charge on any atom is -0.506 e. The lowest BCUT2D eigenvalue weighted by molar-refractivity contribution is -0.150. The Hall–Kier alpha value is -6.75. The van der Waals surface area contributed by atoms with E-state index in [2.05, 4.69) is 26.3 Å². The van der Waals surface area contributed by atoms with E-state index >= 15 is 0 Å². The Bertz CT molecular complexity index is 2480. The number of phenolic OH excluding ortho intramolecular Hbond substituents is 1. The largest absolute Gasteiger partial charge is 0.506 e. The lowest BCUT2D eigenvalue weighted by atomic mass is 9.81. The van der Waals surface area contributed by atoms with Crippen LogP contribution in [0.25, 0.3) is 0 Å². The number of aromatic nitrogens is 1. The Morgan fingerprint density at radius 2 is 1.55 bits per heavy atom. The zero-order valence-corrected chi connectivity index (χ0v) is 47.8. The second-order valence-corrected chi connectivity index (χ2v) is 22.5. The van der Waals surface area contributed by atoms with E-state index in [1.54, 1.807) is 38.8 Å². The van der Waals surface area contributed by atoms with E-state index < -0.39 is 101 Å². The van der Waals surface area contributed by atoms with Gasteiger partial charge in [0.2, 0.25) is 17.7 Å². The van der Waals surface area contributed by atoms with Crippen LogP contribution in [0.15, 0.2) is 35.7 Å². The number of amides is 7. The molecule has 0 bridgehead atoms. The molecule has 23 heteroatoms. The fraction of sp³-hybridized carbons (Fsp3) is 0.611. The SMILES string of the molecule is CC[C@H](C)[C@H](CC(=O)C(C)(C)N(C)C)C(=O)N(C)[C@H](C[C@@H](OC(C)=O)c1nc(C(=O)N[C@@H](Cc2ccc(O)c(NC(=O)CCCNC(=O)[C@H](CNC(=O)OC(C)(C)C)N3C(=O)C=CC3=O)c2)CC(C)C(=O)O)cs1)C(C)C. The molecule has 426 valence electrons. The van der Waals surface area contributed by atoms with Gasteiger partial charge in [0, 0.05) is 75.3 Å². The average molecular weight is 1100 g/mol. The van der Waals surface area contributed by atoms with E-state index in [-0.39, 0.29) is 85.7 Å². The Kier molecular flexibility index (Phi) is 23.9. The number of nitrogens with zero attached hydrogens (tertiary/aromatic N) is 4. The number of carbonyl (C=O) groups is 10. The van der Waals surface area contributed by atoms with Crippen LogP contribution in [0.2, 0.25) is 0 Å². The first kappa shape index (κ1) is 64.5. The van der Waals surface area contributed by atoms with Crippen molar-refractivity contribution < 1.29 is 67.6 Å². The summed E-state index contributed by atoms with van der Waals surface area (Å²) in [6.45, 7) is 18.6. The normalized spacial score (nSPS) is 15.5. The van der Waals surface area contributed by atoms with Crippen molar-refractivity contribution in [3.05, 3.63) is 52.0 Å². The molecule has 1 unspecified atom stereocenters. The van der Waals surface area contributed by atoms with E-state index in [1.165, 1.54) is 31.4 Å². The second-order valence-electron chi connectivity index (χ2n) is 21.7. The highest BCUT2D eigenvalue weighted by Crippen LogP contribution is 2.33. The number of anilines is 1. The number of esters is 1. The molecule has 0 saturated heterocycles. The third kappa shape index (κ3) is 19.3. The highest BCUT2D eigenvalue weighted by atomic mass is 32.1. The maximum Gasteiger partial charge on any atom is 0.407 e. The highest BCUT2D eigenvalue weighted by molar-refractivity contribution is 7.09. The summed E-state index contributed by atoms with van der Waals surface area (Å²) >= 11 is 1.08. The number of phenols is 1. The smallest absolute Gasteiger partial charge is 0.407 e. The number of hydrogen-bond donors (Lipinski definition) is 6. The van der Waals surface area contributed by atoms with Crippen molar-refractivity contribution in [2.45, 2.75) is 156 Å². The number of aromatic hydroxyl groups is 1. The molecule has 3 rings (SSSR count). The molecule has 1 aliphatic rings. The number of likely N-dealkylation sites (N-methyl/N-ethyl adjacent to an activating group) is 1. The lowest BCUT2D eigenvalue weighted by Crippen LogP contribution is -2.55. The van der Waals surface area contributed by atoms with Crippen molar-refractivity contribution in [3.63, 3.8) is 0 Å². The molecular weight excluding hydrogens is 1020 g/mol. The van der Waals surface area contributed by atoms with Crippen LogP contribution in [-0.4, -0.2) is 153 Å². The molecule has 0 aliphatic carbocycles. The summed E-state index contributed by atoms with van der Waals surface area (Å²) in [6.07, 6.45) is 0.982.